The summed E-state index contributed by atoms with van der Waals surface area (Å²) in [6.45, 7) is 0. The minimum absolute atomic E-state index is 0.257. The van der Waals surface area contributed by atoms with E-state index >= 15 is 0 Å². The Bertz CT molecular complexity index is 770. The first kappa shape index (κ1) is 19.7. The van der Waals surface area contributed by atoms with E-state index in [2.05, 4.69) is 0 Å². The minimum Gasteiger partial charge on any atom is -0.496 e. The molecule has 2 saturated heterocycles. The Morgan fingerprint density at radius 2 is 1.96 bits per heavy atom. The Labute approximate surface area is 162 Å². The molecule has 0 unspecified atom stereocenters. The van der Waals surface area contributed by atoms with Gasteiger partial charge < -0.3 is 14.8 Å². The maximum Gasteiger partial charge on any atom is 0.368 e. The molecule has 2 N–H and O–H groups in total. The van der Waals surface area contributed by atoms with Crippen LogP contribution in [-0.4, -0.2) is 61.5 Å². The molecule has 0 aliphatic carbocycles. The van der Waals surface area contributed by atoms with Gasteiger partial charge in [-0.05, 0) is 24.1 Å². The maximum absolute atomic E-state index is 13.0. The SMILES string of the molecule is COC(=O)[C@]1(CCSC)[NH2+][C@H](c2ccccc2OC)[C@H]2C(=O)N(C)C(=O)[C@@H]21. The molecule has 8 heteroatoms. The number of carbonyl (C=O) groups excluding carboxylic acids is 3. The fourth-order valence-electron chi connectivity index (χ4n) is 4.49. The highest BCUT2D eigenvalue weighted by atomic mass is 32.2. The van der Waals surface area contributed by atoms with Crippen LogP contribution in [-0.2, 0) is 19.1 Å². The van der Waals surface area contributed by atoms with Gasteiger partial charge in [-0.25, -0.2) is 4.79 Å². The second kappa shape index (κ2) is 7.52. The van der Waals surface area contributed by atoms with E-state index in [0.717, 1.165) is 10.5 Å². The van der Waals surface area contributed by atoms with Crippen LogP contribution in [0, 0.1) is 11.8 Å². The quantitative estimate of drug-likeness (QED) is 0.549. The third kappa shape index (κ3) is 2.91. The molecule has 0 bridgehead atoms. The summed E-state index contributed by atoms with van der Waals surface area (Å²) in [7, 11) is 4.38. The largest absolute Gasteiger partial charge is 0.496 e. The molecule has 2 aliphatic rings. The Kier molecular flexibility index (Phi) is 5.48. The molecular formula is C19H25N2O5S+. The van der Waals surface area contributed by atoms with Gasteiger partial charge in [0, 0.05) is 13.5 Å². The number of hydrogen-bond donors (Lipinski definition) is 1. The minimum atomic E-state index is -1.12. The number of ether oxygens (including phenoxy) is 2. The predicted molar refractivity (Wildman–Crippen MR) is 100 cm³/mol. The highest BCUT2D eigenvalue weighted by Crippen LogP contribution is 2.47. The number of methoxy groups -OCH3 is 2. The van der Waals surface area contributed by atoms with E-state index < -0.39 is 29.4 Å². The van der Waals surface area contributed by atoms with E-state index in [1.807, 2.05) is 35.8 Å². The number of rotatable bonds is 6. The number of benzene rings is 1. The summed E-state index contributed by atoms with van der Waals surface area (Å²) in [5, 5.41) is 1.87. The fraction of sp³-hybridized carbons (Fsp3) is 0.526. The first-order chi connectivity index (χ1) is 12.9. The number of esters is 1. The Morgan fingerprint density at radius 3 is 2.59 bits per heavy atom. The van der Waals surface area contributed by atoms with Crippen LogP contribution in [0.4, 0.5) is 0 Å². The zero-order chi connectivity index (χ0) is 19.8. The molecule has 0 radical (unpaired) electrons. The second-order valence-electron chi connectivity index (χ2n) is 6.95. The lowest BCUT2D eigenvalue weighted by molar-refractivity contribution is -0.734. The zero-order valence-corrected chi connectivity index (χ0v) is 16.7. The van der Waals surface area contributed by atoms with Crippen molar-refractivity contribution >= 4 is 29.5 Å². The first-order valence-corrected chi connectivity index (χ1v) is 10.2. The highest BCUT2D eigenvalue weighted by molar-refractivity contribution is 7.98. The summed E-state index contributed by atoms with van der Waals surface area (Å²) in [5.74, 6) is -1.08. The average Bonchev–Trinajstić information content (AvgIpc) is 3.15. The van der Waals surface area contributed by atoms with E-state index in [1.165, 1.54) is 14.2 Å². The molecule has 4 atom stereocenters. The molecule has 0 spiro atoms. The van der Waals surface area contributed by atoms with Gasteiger partial charge in [0.05, 0.1) is 19.8 Å². The normalized spacial score (nSPS) is 29.8. The van der Waals surface area contributed by atoms with E-state index in [0.29, 0.717) is 17.9 Å². The summed E-state index contributed by atoms with van der Waals surface area (Å²) in [6, 6.07) is 7.03. The van der Waals surface area contributed by atoms with Crippen molar-refractivity contribution in [2.24, 2.45) is 11.8 Å². The maximum atomic E-state index is 13.0. The van der Waals surface area contributed by atoms with Crippen molar-refractivity contribution in [3.63, 3.8) is 0 Å². The second-order valence-corrected chi connectivity index (χ2v) is 7.93. The Hall–Kier alpha value is -2.06. The summed E-state index contributed by atoms with van der Waals surface area (Å²) >= 11 is 1.59. The van der Waals surface area contributed by atoms with Gasteiger partial charge in [0.1, 0.15) is 23.6 Å². The number of carbonyl (C=O) groups is 3. The lowest BCUT2D eigenvalue weighted by atomic mass is 9.77. The number of para-hydroxylation sites is 1. The van der Waals surface area contributed by atoms with Crippen LogP contribution in [0.5, 0.6) is 5.75 Å². The van der Waals surface area contributed by atoms with Crippen molar-refractivity contribution in [1.82, 2.24) is 4.90 Å². The molecule has 7 nitrogen and oxygen atoms in total. The van der Waals surface area contributed by atoms with Crippen molar-refractivity contribution in [1.29, 1.82) is 0 Å². The number of fused-ring (bicyclic) bond motifs is 1. The van der Waals surface area contributed by atoms with Crippen molar-refractivity contribution in [3.8, 4) is 5.75 Å². The average molecular weight is 393 g/mol. The van der Waals surface area contributed by atoms with Crippen LogP contribution >= 0.6 is 11.8 Å². The van der Waals surface area contributed by atoms with Gasteiger partial charge in [-0.3, -0.25) is 14.5 Å². The third-order valence-electron chi connectivity index (χ3n) is 5.77. The molecule has 0 aromatic heterocycles. The molecule has 0 saturated carbocycles. The van der Waals surface area contributed by atoms with E-state index in [-0.39, 0.29) is 11.8 Å². The van der Waals surface area contributed by atoms with Gasteiger partial charge in [-0.1, -0.05) is 12.1 Å². The molecule has 2 aliphatic heterocycles. The molecule has 1 aromatic rings. The molecule has 1 aromatic carbocycles. The number of imide groups is 1. The van der Waals surface area contributed by atoms with E-state index in [1.54, 1.807) is 18.9 Å². The topological polar surface area (TPSA) is 89.5 Å². The van der Waals surface area contributed by atoms with Gasteiger partial charge in [0.15, 0.2) is 0 Å². The van der Waals surface area contributed by atoms with Crippen molar-refractivity contribution in [3.05, 3.63) is 29.8 Å². The first-order valence-electron chi connectivity index (χ1n) is 8.80. The molecule has 2 heterocycles. The summed E-state index contributed by atoms with van der Waals surface area (Å²) in [5.41, 5.74) is -0.313. The van der Waals surface area contributed by atoms with Crippen LogP contribution in [0.2, 0.25) is 0 Å². The molecule has 146 valence electrons. The van der Waals surface area contributed by atoms with Crippen molar-refractivity contribution < 1.29 is 29.2 Å². The van der Waals surface area contributed by atoms with Crippen LogP contribution < -0.4 is 10.1 Å². The lowest BCUT2D eigenvalue weighted by Gasteiger charge is -2.28. The van der Waals surface area contributed by atoms with Crippen LogP contribution in [0.3, 0.4) is 0 Å². The number of thioether (sulfide) groups is 1. The van der Waals surface area contributed by atoms with Crippen molar-refractivity contribution in [2.45, 2.75) is 18.0 Å². The number of amides is 2. The van der Waals surface area contributed by atoms with Crippen molar-refractivity contribution in [2.75, 3.05) is 33.3 Å². The monoisotopic (exact) mass is 393 g/mol. The van der Waals surface area contributed by atoms with Gasteiger partial charge in [0.2, 0.25) is 17.4 Å². The Balaban J connectivity index is 2.16. The highest BCUT2D eigenvalue weighted by Gasteiger charge is 2.71. The van der Waals surface area contributed by atoms with Gasteiger partial charge >= 0.3 is 5.97 Å². The van der Waals surface area contributed by atoms with Gasteiger partial charge in [0.25, 0.3) is 0 Å². The number of nitrogens with zero attached hydrogens (tertiary/aromatic N) is 1. The predicted octanol–water partition coefficient (Wildman–Crippen LogP) is 0.209. The van der Waals surface area contributed by atoms with Gasteiger partial charge in [-0.15, -0.1) is 0 Å². The molecule has 2 amide bonds. The third-order valence-corrected chi connectivity index (χ3v) is 6.39. The zero-order valence-electron chi connectivity index (χ0n) is 15.9. The van der Waals surface area contributed by atoms with Gasteiger partial charge in [-0.2, -0.15) is 11.8 Å². The number of quaternary nitrogens is 1. The van der Waals surface area contributed by atoms with Crippen LogP contribution in [0.15, 0.2) is 24.3 Å². The summed E-state index contributed by atoms with van der Waals surface area (Å²) in [6.07, 6.45) is 2.39. The molecule has 27 heavy (non-hydrogen) atoms. The number of nitrogens with two attached hydrogens (primary N) is 1. The summed E-state index contributed by atoms with van der Waals surface area (Å²) < 4.78 is 10.6. The Morgan fingerprint density at radius 1 is 1.26 bits per heavy atom. The molecular weight excluding hydrogens is 368 g/mol. The smallest absolute Gasteiger partial charge is 0.368 e. The van der Waals surface area contributed by atoms with Crippen LogP contribution in [0.25, 0.3) is 0 Å². The molecule has 2 fully saturated rings. The van der Waals surface area contributed by atoms with E-state index in [9.17, 15) is 14.4 Å². The summed E-state index contributed by atoms with van der Waals surface area (Å²) in [4.78, 5) is 40.0. The number of likely N-dealkylation sites (tertiary alicyclic amines) is 1. The standard InChI is InChI=1S/C19H24N2O5S/c1-21-16(22)13-14(17(21)23)19(9-10-27-4,18(24)26-3)20-15(13)11-7-5-6-8-12(11)25-2/h5-8,13-15,20H,9-10H2,1-4H3/p+1/t13-,14+,15+,19+/m0/s1. The van der Waals surface area contributed by atoms with E-state index in [4.69, 9.17) is 9.47 Å². The molecule has 3 rings (SSSR count). The fourth-order valence-corrected chi connectivity index (χ4v) is 5.03. The lowest BCUT2D eigenvalue weighted by Crippen LogP contribution is -2.98. The van der Waals surface area contributed by atoms with Crippen LogP contribution in [0.1, 0.15) is 18.0 Å². The number of hydrogen-bond acceptors (Lipinski definition) is 6.